The molecule has 3 nitrogen and oxygen atoms in total. The normalized spacial score (nSPS) is 17.4. The number of halogens is 1. The van der Waals surface area contributed by atoms with Gasteiger partial charge in [0.2, 0.25) is 0 Å². The third-order valence-electron chi connectivity index (χ3n) is 3.94. The zero-order chi connectivity index (χ0) is 15.1. The maximum absolute atomic E-state index is 12.6. The van der Waals surface area contributed by atoms with Gasteiger partial charge in [-0.2, -0.15) is 0 Å². The average Bonchev–Trinajstić information content (AvgIpc) is 2.46. The first-order valence-electron chi connectivity index (χ1n) is 6.88. The van der Waals surface area contributed by atoms with Crippen LogP contribution in [0.4, 0.5) is 5.69 Å². The van der Waals surface area contributed by atoms with Crippen molar-refractivity contribution in [3.8, 4) is 0 Å². The molecule has 0 saturated heterocycles. The van der Waals surface area contributed by atoms with Gasteiger partial charge in [0.25, 0.3) is 5.91 Å². The van der Waals surface area contributed by atoms with Crippen molar-refractivity contribution in [3.63, 3.8) is 0 Å². The van der Waals surface area contributed by atoms with E-state index in [1.807, 2.05) is 13.1 Å². The number of hydrogen-bond acceptors (Lipinski definition) is 2. The Balaban J connectivity index is 2.08. The molecule has 0 spiro atoms. The second-order valence-electron chi connectivity index (χ2n) is 5.51. The van der Waals surface area contributed by atoms with Crippen molar-refractivity contribution in [1.82, 2.24) is 4.90 Å². The van der Waals surface area contributed by atoms with Crippen LogP contribution in [0.25, 0.3) is 0 Å². The number of nitrogens with one attached hydrogen (secondary N) is 1. The summed E-state index contributed by atoms with van der Waals surface area (Å²) >= 11 is 5.99. The summed E-state index contributed by atoms with van der Waals surface area (Å²) in [6.45, 7) is 4.12. The third kappa shape index (κ3) is 2.38. The van der Waals surface area contributed by atoms with E-state index in [1.165, 1.54) is 5.56 Å². The molecule has 21 heavy (non-hydrogen) atoms. The van der Waals surface area contributed by atoms with E-state index in [-0.39, 0.29) is 12.1 Å². The van der Waals surface area contributed by atoms with Gasteiger partial charge < -0.3 is 10.2 Å². The molecular formula is C17H17ClN2O. The molecule has 0 aliphatic carbocycles. The van der Waals surface area contributed by atoms with Gasteiger partial charge >= 0.3 is 0 Å². The minimum Gasteiger partial charge on any atom is -0.361 e. The molecule has 108 valence electrons. The van der Waals surface area contributed by atoms with Crippen LogP contribution in [-0.2, 0) is 0 Å². The van der Waals surface area contributed by atoms with Crippen LogP contribution in [0.2, 0.25) is 5.02 Å². The van der Waals surface area contributed by atoms with Crippen molar-refractivity contribution in [2.75, 3.05) is 12.4 Å². The lowest BCUT2D eigenvalue weighted by atomic mass is 9.99. The van der Waals surface area contributed by atoms with E-state index in [2.05, 4.69) is 37.4 Å². The number of fused-ring (bicyclic) bond motifs is 1. The molecule has 0 bridgehead atoms. The van der Waals surface area contributed by atoms with E-state index in [1.54, 1.807) is 17.0 Å². The van der Waals surface area contributed by atoms with E-state index < -0.39 is 0 Å². The third-order valence-corrected chi connectivity index (χ3v) is 4.18. The lowest BCUT2D eigenvalue weighted by molar-refractivity contribution is 0.0735. The number of carbonyl (C=O) groups excluding carboxylic acids is 1. The maximum Gasteiger partial charge on any atom is 0.257 e. The first-order chi connectivity index (χ1) is 9.97. The number of amides is 1. The van der Waals surface area contributed by atoms with Gasteiger partial charge in [0.1, 0.15) is 6.17 Å². The monoisotopic (exact) mass is 300 g/mol. The van der Waals surface area contributed by atoms with Gasteiger partial charge in [-0.3, -0.25) is 4.79 Å². The Kier molecular flexibility index (Phi) is 3.38. The summed E-state index contributed by atoms with van der Waals surface area (Å²) in [5.41, 5.74) is 4.90. The van der Waals surface area contributed by atoms with Gasteiger partial charge in [-0.15, -0.1) is 0 Å². The van der Waals surface area contributed by atoms with Crippen LogP contribution < -0.4 is 5.32 Å². The van der Waals surface area contributed by atoms with Crippen LogP contribution >= 0.6 is 11.6 Å². The Morgan fingerprint density at radius 3 is 2.67 bits per heavy atom. The van der Waals surface area contributed by atoms with Crippen molar-refractivity contribution in [3.05, 3.63) is 63.7 Å². The Labute approximate surface area is 129 Å². The highest BCUT2D eigenvalue weighted by atomic mass is 35.5. The number of carbonyl (C=O) groups is 1. The zero-order valence-electron chi connectivity index (χ0n) is 12.3. The van der Waals surface area contributed by atoms with Crippen LogP contribution in [0.3, 0.4) is 0 Å². The second-order valence-corrected chi connectivity index (χ2v) is 5.95. The summed E-state index contributed by atoms with van der Waals surface area (Å²) in [7, 11) is 1.81. The highest BCUT2D eigenvalue weighted by molar-refractivity contribution is 6.31. The van der Waals surface area contributed by atoms with Crippen LogP contribution in [0.5, 0.6) is 0 Å². The van der Waals surface area contributed by atoms with Crippen LogP contribution in [0, 0.1) is 13.8 Å². The lowest BCUT2D eigenvalue weighted by Crippen LogP contribution is -2.40. The number of anilines is 1. The Bertz CT molecular complexity index is 727. The van der Waals surface area contributed by atoms with Gasteiger partial charge in [0.05, 0.1) is 5.56 Å². The molecule has 1 atom stereocenters. The predicted molar refractivity (Wildman–Crippen MR) is 85.8 cm³/mol. The molecule has 3 rings (SSSR count). The second kappa shape index (κ2) is 5.08. The van der Waals surface area contributed by atoms with Crippen molar-refractivity contribution in [1.29, 1.82) is 0 Å². The van der Waals surface area contributed by atoms with E-state index in [9.17, 15) is 4.79 Å². The summed E-state index contributed by atoms with van der Waals surface area (Å²) in [5.74, 6) is -0.0165. The summed E-state index contributed by atoms with van der Waals surface area (Å²) in [6.07, 6.45) is -0.161. The molecule has 1 N–H and O–H groups in total. The van der Waals surface area contributed by atoms with E-state index >= 15 is 0 Å². The SMILES string of the molecule is Cc1ccc(C)c(C2Nc3ccc(Cl)cc3C(=O)N2C)c1. The number of rotatable bonds is 1. The largest absolute Gasteiger partial charge is 0.361 e. The van der Waals surface area contributed by atoms with Crippen molar-refractivity contribution >= 4 is 23.2 Å². The molecule has 0 radical (unpaired) electrons. The molecule has 2 aromatic rings. The summed E-state index contributed by atoms with van der Waals surface area (Å²) < 4.78 is 0. The maximum atomic E-state index is 12.6. The van der Waals surface area contributed by atoms with Crippen LogP contribution in [0.15, 0.2) is 36.4 Å². The number of benzene rings is 2. The fourth-order valence-electron chi connectivity index (χ4n) is 2.71. The lowest BCUT2D eigenvalue weighted by Gasteiger charge is -2.36. The summed E-state index contributed by atoms with van der Waals surface area (Å²) in [4.78, 5) is 14.3. The summed E-state index contributed by atoms with van der Waals surface area (Å²) in [6, 6.07) is 11.7. The molecule has 1 heterocycles. The smallest absolute Gasteiger partial charge is 0.257 e. The molecular weight excluding hydrogens is 284 g/mol. The molecule has 4 heteroatoms. The van der Waals surface area contributed by atoms with Gasteiger partial charge in [-0.25, -0.2) is 0 Å². The number of hydrogen-bond donors (Lipinski definition) is 1. The Morgan fingerprint density at radius 1 is 1.14 bits per heavy atom. The van der Waals surface area contributed by atoms with Gasteiger partial charge in [0, 0.05) is 17.8 Å². The molecule has 1 unspecified atom stereocenters. The molecule has 0 saturated carbocycles. The fourth-order valence-corrected chi connectivity index (χ4v) is 2.88. The van der Waals surface area contributed by atoms with E-state index in [0.717, 1.165) is 16.8 Å². The first-order valence-corrected chi connectivity index (χ1v) is 7.25. The van der Waals surface area contributed by atoms with Crippen molar-refractivity contribution in [2.45, 2.75) is 20.0 Å². The predicted octanol–water partition coefficient (Wildman–Crippen LogP) is 4.15. The highest BCUT2D eigenvalue weighted by Gasteiger charge is 2.31. The van der Waals surface area contributed by atoms with Crippen molar-refractivity contribution in [2.24, 2.45) is 0 Å². The first kappa shape index (κ1) is 14.0. The average molecular weight is 301 g/mol. The standard InChI is InChI=1S/C17H17ClN2O/c1-10-4-5-11(2)13(8-10)16-19-15-7-6-12(18)9-14(15)17(21)20(16)3/h4-9,16,19H,1-3H3. The van der Waals surface area contributed by atoms with Crippen LogP contribution in [-0.4, -0.2) is 17.9 Å². The molecule has 0 fully saturated rings. The molecule has 1 aliphatic rings. The van der Waals surface area contributed by atoms with E-state index in [0.29, 0.717) is 10.6 Å². The summed E-state index contributed by atoms with van der Waals surface area (Å²) in [5, 5.41) is 4.01. The van der Waals surface area contributed by atoms with Gasteiger partial charge in [-0.1, -0.05) is 35.4 Å². The molecule has 2 aromatic carbocycles. The van der Waals surface area contributed by atoms with Crippen molar-refractivity contribution < 1.29 is 4.79 Å². The fraction of sp³-hybridized carbons (Fsp3) is 0.235. The molecule has 1 amide bonds. The Morgan fingerprint density at radius 2 is 1.90 bits per heavy atom. The van der Waals surface area contributed by atoms with Gasteiger partial charge in [0.15, 0.2) is 0 Å². The number of aryl methyl sites for hydroxylation is 2. The van der Waals surface area contributed by atoms with Gasteiger partial charge in [-0.05, 0) is 43.2 Å². The molecule has 1 aliphatic heterocycles. The topological polar surface area (TPSA) is 32.3 Å². The number of nitrogens with zero attached hydrogens (tertiary/aromatic N) is 1. The van der Waals surface area contributed by atoms with E-state index in [4.69, 9.17) is 11.6 Å². The minimum atomic E-state index is -0.161. The van der Waals surface area contributed by atoms with Crippen LogP contribution in [0.1, 0.15) is 33.2 Å². The molecule has 0 aromatic heterocycles. The quantitative estimate of drug-likeness (QED) is 0.858. The zero-order valence-corrected chi connectivity index (χ0v) is 13.0. The minimum absolute atomic E-state index is 0.0165. The Hall–Kier alpha value is -2.00. The highest BCUT2D eigenvalue weighted by Crippen LogP contribution is 2.34.